The van der Waals surface area contributed by atoms with Gasteiger partial charge in [0.2, 0.25) is 0 Å². The fourth-order valence-electron chi connectivity index (χ4n) is 2.93. The number of ether oxygens (including phenoxy) is 1. The van der Waals surface area contributed by atoms with Crippen molar-refractivity contribution in [3.05, 3.63) is 29.5 Å². The Morgan fingerprint density at radius 3 is 2.83 bits per heavy atom. The van der Waals surface area contributed by atoms with Gasteiger partial charge in [0.25, 0.3) is 5.91 Å². The number of nitrogens with two attached hydrogens (primary N) is 1. The van der Waals surface area contributed by atoms with E-state index in [0.717, 1.165) is 36.5 Å². The van der Waals surface area contributed by atoms with E-state index in [9.17, 15) is 4.79 Å². The first kappa shape index (κ1) is 15.5. The van der Waals surface area contributed by atoms with Crippen molar-refractivity contribution in [2.24, 2.45) is 5.73 Å². The molecule has 2 heterocycles. The zero-order chi connectivity index (χ0) is 16.2. The Morgan fingerprint density at radius 2 is 2.13 bits per heavy atom. The first-order chi connectivity index (χ1) is 11.2. The molecule has 1 aliphatic heterocycles. The van der Waals surface area contributed by atoms with E-state index in [1.54, 1.807) is 0 Å². The lowest BCUT2D eigenvalue weighted by molar-refractivity contribution is 0.0996. The Labute approximate surface area is 134 Å². The zero-order valence-electron chi connectivity index (χ0n) is 13.2. The van der Waals surface area contributed by atoms with Gasteiger partial charge in [-0.2, -0.15) is 15.4 Å². The highest BCUT2D eigenvalue weighted by Crippen LogP contribution is 2.29. The van der Waals surface area contributed by atoms with Gasteiger partial charge in [-0.1, -0.05) is 0 Å². The number of carbonyl (C=O) groups is 1. The number of carbonyl (C=O) groups excluding carboxylic acids is 1. The Kier molecular flexibility index (Phi) is 4.57. The number of aromatic nitrogens is 3. The maximum Gasteiger partial charge on any atom is 0.271 e. The summed E-state index contributed by atoms with van der Waals surface area (Å²) in [5.41, 5.74) is 7.88. The third-order valence-electron chi connectivity index (χ3n) is 4.01. The lowest BCUT2D eigenvalue weighted by atomic mass is 10.0. The molecule has 23 heavy (non-hydrogen) atoms. The minimum atomic E-state index is -0.594. The first-order valence-corrected chi connectivity index (χ1v) is 7.88. The van der Waals surface area contributed by atoms with Crippen LogP contribution in [0.3, 0.4) is 0 Å². The van der Waals surface area contributed by atoms with E-state index in [0.29, 0.717) is 12.3 Å². The van der Waals surface area contributed by atoms with Crippen molar-refractivity contribution in [2.75, 3.05) is 19.7 Å². The predicted molar refractivity (Wildman–Crippen MR) is 86.0 cm³/mol. The summed E-state index contributed by atoms with van der Waals surface area (Å²) in [5.74, 6) is 0.274. The van der Waals surface area contributed by atoms with Gasteiger partial charge in [0, 0.05) is 17.7 Å². The summed E-state index contributed by atoms with van der Waals surface area (Å²) in [6.45, 7) is 5.62. The van der Waals surface area contributed by atoms with Crippen molar-refractivity contribution >= 4 is 5.91 Å². The van der Waals surface area contributed by atoms with Crippen molar-refractivity contribution in [1.82, 2.24) is 20.3 Å². The number of rotatable bonds is 6. The summed E-state index contributed by atoms with van der Waals surface area (Å²) < 4.78 is 5.74. The standard InChI is InChI=1S/C16H21N5O2/c1-2-23-13-6-5-11(14-15(16(17)22)19-20-18-14)9-12(13)10-21-7-3-4-8-21/h5-6,9H,2-4,7-8,10H2,1H3,(H2,17,22)(H,18,19,20). The van der Waals surface area contributed by atoms with Crippen LogP contribution in [-0.2, 0) is 6.54 Å². The second-order valence-corrected chi connectivity index (χ2v) is 5.62. The van der Waals surface area contributed by atoms with Crippen LogP contribution in [0, 0.1) is 0 Å². The van der Waals surface area contributed by atoms with Gasteiger partial charge in [-0.05, 0) is 51.1 Å². The molecular formula is C16H21N5O2. The number of aromatic amines is 1. The van der Waals surface area contributed by atoms with Crippen LogP contribution in [0.5, 0.6) is 5.75 Å². The molecule has 2 aromatic rings. The average molecular weight is 315 g/mol. The topological polar surface area (TPSA) is 97.1 Å². The van der Waals surface area contributed by atoms with Crippen molar-refractivity contribution in [3.63, 3.8) is 0 Å². The van der Waals surface area contributed by atoms with Gasteiger partial charge in [0.15, 0.2) is 5.69 Å². The molecule has 3 N–H and O–H groups in total. The number of hydrogen-bond donors (Lipinski definition) is 2. The Hall–Kier alpha value is -2.41. The number of primary amides is 1. The molecule has 0 bridgehead atoms. The van der Waals surface area contributed by atoms with Gasteiger partial charge >= 0.3 is 0 Å². The Balaban J connectivity index is 1.95. The smallest absolute Gasteiger partial charge is 0.271 e. The van der Waals surface area contributed by atoms with Gasteiger partial charge in [-0.25, -0.2) is 0 Å². The zero-order valence-corrected chi connectivity index (χ0v) is 13.2. The van der Waals surface area contributed by atoms with Crippen molar-refractivity contribution < 1.29 is 9.53 Å². The molecule has 122 valence electrons. The highest BCUT2D eigenvalue weighted by atomic mass is 16.5. The highest BCUT2D eigenvalue weighted by Gasteiger charge is 2.19. The molecule has 7 heteroatoms. The molecule has 1 saturated heterocycles. The van der Waals surface area contributed by atoms with E-state index in [1.165, 1.54) is 12.8 Å². The van der Waals surface area contributed by atoms with Crippen LogP contribution in [0.15, 0.2) is 18.2 Å². The average Bonchev–Trinajstić information content (AvgIpc) is 3.20. The monoisotopic (exact) mass is 315 g/mol. The largest absolute Gasteiger partial charge is 0.494 e. The van der Waals surface area contributed by atoms with Crippen LogP contribution in [0.1, 0.15) is 35.8 Å². The molecule has 1 fully saturated rings. The Morgan fingerprint density at radius 1 is 1.35 bits per heavy atom. The molecule has 0 aliphatic carbocycles. The van der Waals surface area contributed by atoms with Crippen molar-refractivity contribution in [1.29, 1.82) is 0 Å². The molecule has 1 amide bonds. The summed E-state index contributed by atoms with van der Waals surface area (Å²) in [5, 5.41) is 10.4. The van der Waals surface area contributed by atoms with Crippen LogP contribution in [0.25, 0.3) is 11.3 Å². The van der Waals surface area contributed by atoms with E-state index in [4.69, 9.17) is 10.5 Å². The van der Waals surface area contributed by atoms with Crippen LogP contribution in [0.2, 0.25) is 0 Å². The van der Waals surface area contributed by atoms with Gasteiger partial charge in [-0.15, -0.1) is 0 Å². The minimum absolute atomic E-state index is 0.154. The van der Waals surface area contributed by atoms with Crippen LogP contribution in [-0.4, -0.2) is 45.9 Å². The normalized spacial score (nSPS) is 15.0. The van der Waals surface area contributed by atoms with E-state index >= 15 is 0 Å². The number of nitrogens with zero attached hydrogens (tertiary/aromatic N) is 3. The number of amides is 1. The molecule has 1 aromatic carbocycles. The molecule has 1 aromatic heterocycles. The Bertz CT molecular complexity index is 692. The van der Waals surface area contributed by atoms with Crippen molar-refractivity contribution in [2.45, 2.75) is 26.3 Å². The number of hydrogen-bond acceptors (Lipinski definition) is 5. The number of benzene rings is 1. The van der Waals surface area contributed by atoms with Crippen LogP contribution in [0.4, 0.5) is 0 Å². The van der Waals surface area contributed by atoms with E-state index in [2.05, 4.69) is 20.3 Å². The summed E-state index contributed by atoms with van der Waals surface area (Å²) in [7, 11) is 0. The third kappa shape index (κ3) is 3.34. The predicted octanol–water partition coefficient (Wildman–Crippen LogP) is 1.57. The van der Waals surface area contributed by atoms with Crippen molar-refractivity contribution in [3.8, 4) is 17.0 Å². The minimum Gasteiger partial charge on any atom is -0.494 e. The summed E-state index contributed by atoms with van der Waals surface area (Å²) in [4.78, 5) is 13.9. The molecule has 0 radical (unpaired) electrons. The molecule has 0 unspecified atom stereocenters. The number of nitrogens with one attached hydrogen (secondary N) is 1. The van der Waals surface area contributed by atoms with Gasteiger partial charge < -0.3 is 10.5 Å². The second-order valence-electron chi connectivity index (χ2n) is 5.62. The summed E-state index contributed by atoms with van der Waals surface area (Å²) >= 11 is 0. The van der Waals surface area contributed by atoms with Crippen LogP contribution >= 0.6 is 0 Å². The highest BCUT2D eigenvalue weighted by molar-refractivity contribution is 5.96. The van der Waals surface area contributed by atoms with Gasteiger partial charge in [0.05, 0.1) is 6.61 Å². The second kappa shape index (κ2) is 6.78. The third-order valence-corrected chi connectivity index (χ3v) is 4.01. The molecular weight excluding hydrogens is 294 g/mol. The van der Waals surface area contributed by atoms with E-state index in [-0.39, 0.29) is 5.69 Å². The van der Waals surface area contributed by atoms with Gasteiger partial charge in [-0.3, -0.25) is 9.69 Å². The quantitative estimate of drug-likeness (QED) is 0.843. The van der Waals surface area contributed by atoms with Crippen LogP contribution < -0.4 is 10.5 Å². The van der Waals surface area contributed by atoms with E-state index in [1.807, 2.05) is 25.1 Å². The lowest BCUT2D eigenvalue weighted by Crippen LogP contribution is -2.19. The molecule has 0 saturated carbocycles. The number of likely N-dealkylation sites (tertiary alicyclic amines) is 1. The lowest BCUT2D eigenvalue weighted by Gasteiger charge is -2.18. The molecule has 7 nitrogen and oxygen atoms in total. The van der Waals surface area contributed by atoms with E-state index < -0.39 is 5.91 Å². The maximum atomic E-state index is 11.5. The molecule has 0 spiro atoms. The SMILES string of the molecule is CCOc1ccc(-c2n[nH]nc2C(N)=O)cc1CN1CCCC1. The summed E-state index contributed by atoms with van der Waals surface area (Å²) in [6, 6.07) is 5.81. The summed E-state index contributed by atoms with van der Waals surface area (Å²) in [6.07, 6.45) is 2.47. The van der Waals surface area contributed by atoms with Gasteiger partial charge in [0.1, 0.15) is 11.4 Å². The molecule has 0 atom stereocenters. The fourth-order valence-corrected chi connectivity index (χ4v) is 2.93. The fraction of sp³-hybridized carbons (Fsp3) is 0.438. The first-order valence-electron chi connectivity index (χ1n) is 7.88. The number of H-pyrrole nitrogens is 1. The molecule has 3 rings (SSSR count). The maximum absolute atomic E-state index is 11.5. The molecule has 1 aliphatic rings.